The molecule has 2 aliphatic carbocycles. The van der Waals surface area contributed by atoms with Crippen LogP contribution in [0.4, 0.5) is 0 Å². The van der Waals surface area contributed by atoms with E-state index in [-0.39, 0.29) is 11.8 Å². The van der Waals surface area contributed by atoms with Gasteiger partial charge in [0.2, 0.25) is 5.91 Å². The number of carbonyl (C=O) groups is 1. The second kappa shape index (κ2) is 6.18. The highest BCUT2D eigenvalue weighted by Crippen LogP contribution is 2.61. The molecule has 21 heavy (non-hydrogen) atoms. The van der Waals surface area contributed by atoms with Crippen molar-refractivity contribution < 1.29 is 9.53 Å². The van der Waals surface area contributed by atoms with Gasteiger partial charge in [0.25, 0.3) is 0 Å². The van der Waals surface area contributed by atoms with E-state index < -0.39 is 0 Å². The molecule has 0 aromatic carbocycles. The van der Waals surface area contributed by atoms with Crippen molar-refractivity contribution >= 4 is 5.91 Å². The van der Waals surface area contributed by atoms with Gasteiger partial charge in [-0.1, -0.05) is 19.3 Å². The van der Waals surface area contributed by atoms with Gasteiger partial charge in [-0.2, -0.15) is 0 Å². The van der Waals surface area contributed by atoms with E-state index >= 15 is 0 Å². The Hall–Kier alpha value is -1.36. The maximum Gasteiger partial charge on any atom is 0.224 e. The monoisotopic (exact) mass is 291 g/mol. The van der Waals surface area contributed by atoms with Crippen LogP contribution in [0.25, 0.3) is 0 Å². The number of ether oxygens (including phenoxy) is 1. The van der Waals surface area contributed by atoms with Crippen molar-refractivity contribution in [2.75, 3.05) is 13.7 Å². The van der Waals surface area contributed by atoms with Gasteiger partial charge in [-0.25, -0.2) is 4.98 Å². The van der Waals surface area contributed by atoms with Crippen molar-refractivity contribution in [1.82, 2.24) is 14.9 Å². The summed E-state index contributed by atoms with van der Waals surface area (Å²) in [6.07, 6.45) is 11.1. The van der Waals surface area contributed by atoms with E-state index in [4.69, 9.17) is 4.74 Å². The molecule has 2 saturated carbocycles. The third kappa shape index (κ3) is 3.12. The fraction of sp³-hybridized carbons (Fsp3) is 0.750. The molecule has 1 amide bonds. The number of nitrogens with zero attached hydrogens (tertiary/aromatic N) is 2. The molecule has 1 aromatic rings. The average Bonchev–Trinajstić information content (AvgIpc) is 3.00. The third-order valence-electron chi connectivity index (χ3n) is 5.13. The highest BCUT2D eigenvalue weighted by atomic mass is 16.5. The molecule has 1 spiro atoms. The Balaban J connectivity index is 1.49. The Bertz CT molecular complexity index is 491. The zero-order chi connectivity index (χ0) is 14.7. The molecule has 1 N–H and O–H groups in total. The summed E-state index contributed by atoms with van der Waals surface area (Å²) in [5.74, 6) is 0.490. The van der Waals surface area contributed by atoms with Gasteiger partial charge in [0.15, 0.2) is 0 Å². The normalized spacial score (nSPS) is 23.2. The van der Waals surface area contributed by atoms with Crippen molar-refractivity contribution in [2.24, 2.45) is 11.3 Å². The number of carbonyl (C=O) groups excluding carboxylic acids is 1. The van der Waals surface area contributed by atoms with E-state index in [0.29, 0.717) is 18.6 Å². The second-order valence-electron chi connectivity index (χ2n) is 6.47. The largest absolute Gasteiger partial charge is 0.383 e. The molecular formula is C16H25N3O2. The molecule has 0 aliphatic heterocycles. The zero-order valence-electron chi connectivity index (χ0n) is 12.8. The SMILES string of the molecule is COCCn1cncc1CNC(=O)[C@H]1CC12CCCCC2. The number of hydrogen-bond acceptors (Lipinski definition) is 3. The number of amides is 1. The number of hydrogen-bond donors (Lipinski definition) is 1. The molecule has 1 heterocycles. The van der Waals surface area contributed by atoms with Crippen LogP contribution < -0.4 is 5.32 Å². The van der Waals surface area contributed by atoms with Gasteiger partial charge in [0, 0.05) is 25.8 Å². The average molecular weight is 291 g/mol. The van der Waals surface area contributed by atoms with E-state index in [2.05, 4.69) is 10.3 Å². The van der Waals surface area contributed by atoms with Crippen LogP contribution in [0.2, 0.25) is 0 Å². The van der Waals surface area contributed by atoms with Crippen molar-refractivity contribution in [2.45, 2.75) is 51.6 Å². The van der Waals surface area contributed by atoms with E-state index in [1.165, 1.54) is 32.1 Å². The van der Waals surface area contributed by atoms with E-state index in [9.17, 15) is 4.79 Å². The number of methoxy groups -OCH3 is 1. The molecule has 2 fully saturated rings. The lowest BCUT2D eigenvalue weighted by molar-refractivity contribution is -0.123. The highest BCUT2D eigenvalue weighted by molar-refractivity contribution is 5.82. The molecule has 5 heteroatoms. The molecule has 0 unspecified atom stereocenters. The van der Waals surface area contributed by atoms with Crippen molar-refractivity contribution in [3.8, 4) is 0 Å². The first kappa shape index (κ1) is 14.6. The lowest BCUT2D eigenvalue weighted by Crippen LogP contribution is -2.28. The molecule has 2 aliphatic rings. The first-order valence-corrected chi connectivity index (χ1v) is 8.01. The van der Waals surface area contributed by atoms with Crippen LogP contribution in [-0.2, 0) is 22.6 Å². The molecule has 5 nitrogen and oxygen atoms in total. The molecular weight excluding hydrogens is 266 g/mol. The Morgan fingerprint density at radius 1 is 1.48 bits per heavy atom. The summed E-state index contributed by atoms with van der Waals surface area (Å²) in [5, 5.41) is 3.09. The van der Waals surface area contributed by atoms with Gasteiger partial charge in [0.1, 0.15) is 0 Å². The maximum atomic E-state index is 12.3. The summed E-state index contributed by atoms with van der Waals surface area (Å²) in [4.78, 5) is 16.5. The Labute approximate surface area is 126 Å². The van der Waals surface area contributed by atoms with Crippen LogP contribution >= 0.6 is 0 Å². The van der Waals surface area contributed by atoms with E-state index in [1.54, 1.807) is 13.4 Å². The van der Waals surface area contributed by atoms with Gasteiger partial charge in [-0.05, 0) is 24.7 Å². The maximum absolute atomic E-state index is 12.3. The molecule has 3 rings (SSSR count). The van der Waals surface area contributed by atoms with Gasteiger partial charge < -0.3 is 14.6 Å². The number of aromatic nitrogens is 2. The number of imidazole rings is 1. The molecule has 0 bridgehead atoms. The van der Waals surface area contributed by atoms with Gasteiger partial charge in [-0.15, -0.1) is 0 Å². The lowest BCUT2D eigenvalue weighted by Gasteiger charge is -2.22. The fourth-order valence-corrected chi connectivity index (χ4v) is 3.71. The summed E-state index contributed by atoms with van der Waals surface area (Å²) in [5.41, 5.74) is 1.40. The molecule has 1 aromatic heterocycles. The predicted molar refractivity (Wildman–Crippen MR) is 79.6 cm³/mol. The topological polar surface area (TPSA) is 56.1 Å². The smallest absolute Gasteiger partial charge is 0.224 e. The summed E-state index contributed by atoms with van der Waals surface area (Å²) < 4.78 is 7.12. The van der Waals surface area contributed by atoms with Crippen LogP contribution in [-0.4, -0.2) is 29.2 Å². The summed E-state index contributed by atoms with van der Waals surface area (Å²) >= 11 is 0. The van der Waals surface area contributed by atoms with Crippen LogP contribution in [0.3, 0.4) is 0 Å². The number of nitrogens with one attached hydrogen (secondary N) is 1. The number of rotatable bonds is 6. The summed E-state index contributed by atoms with van der Waals surface area (Å²) in [7, 11) is 1.69. The van der Waals surface area contributed by atoms with Gasteiger partial charge >= 0.3 is 0 Å². The quantitative estimate of drug-likeness (QED) is 0.873. The van der Waals surface area contributed by atoms with E-state index in [1.807, 2.05) is 10.8 Å². The molecule has 0 saturated heterocycles. The Morgan fingerprint density at radius 3 is 3.05 bits per heavy atom. The second-order valence-corrected chi connectivity index (χ2v) is 6.47. The van der Waals surface area contributed by atoms with Crippen molar-refractivity contribution in [3.63, 3.8) is 0 Å². The molecule has 0 radical (unpaired) electrons. The standard InChI is InChI=1S/C16H25N3O2/c1-21-8-7-19-12-17-10-13(19)11-18-15(20)14-9-16(14)5-3-2-4-6-16/h10,12,14H,2-9,11H2,1H3,(H,18,20)/t14-/m1/s1. The molecule has 116 valence electrons. The van der Waals surface area contributed by atoms with Gasteiger partial charge in [0.05, 0.1) is 25.2 Å². The summed E-state index contributed by atoms with van der Waals surface area (Å²) in [6.45, 7) is 1.99. The highest BCUT2D eigenvalue weighted by Gasteiger charge is 2.57. The molecule has 1 atom stereocenters. The van der Waals surface area contributed by atoms with E-state index in [0.717, 1.165) is 18.7 Å². The third-order valence-corrected chi connectivity index (χ3v) is 5.13. The minimum Gasteiger partial charge on any atom is -0.383 e. The minimum atomic E-state index is 0.233. The minimum absolute atomic E-state index is 0.233. The Kier molecular flexibility index (Phi) is 4.29. The van der Waals surface area contributed by atoms with Crippen molar-refractivity contribution in [1.29, 1.82) is 0 Å². The van der Waals surface area contributed by atoms with Gasteiger partial charge in [-0.3, -0.25) is 4.79 Å². The Morgan fingerprint density at radius 2 is 2.29 bits per heavy atom. The van der Waals surface area contributed by atoms with Crippen LogP contribution in [0.5, 0.6) is 0 Å². The lowest BCUT2D eigenvalue weighted by atomic mass is 9.84. The fourth-order valence-electron chi connectivity index (χ4n) is 3.71. The van der Waals surface area contributed by atoms with Crippen molar-refractivity contribution in [3.05, 3.63) is 18.2 Å². The van der Waals surface area contributed by atoms with Crippen LogP contribution in [0.15, 0.2) is 12.5 Å². The first-order chi connectivity index (χ1) is 10.2. The first-order valence-electron chi connectivity index (χ1n) is 8.01. The van der Waals surface area contributed by atoms with Crippen LogP contribution in [0, 0.1) is 11.3 Å². The summed E-state index contributed by atoms with van der Waals surface area (Å²) in [6, 6.07) is 0. The zero-order valence-corrected chi connectivity index (χ0v) is 12.8. The predicted octanol–water partition coefficient (Wildman–Crippen LogP) is 2.12. The van der Waals surface area contributed by atoms with Crippen LogP contribution in [0.1, 0.15) is 44.2 Å².